The number of methoxy groups -OCH3 is 1. The number of hydrogen-bond acceptors (Lipinski definition) is 4. The van der Waals surface area contributed by atoms with Gasteiger partial charge in [0.2, 0.25) is 5.88 Å². The number of Topliss-reactive ketones (excluding diaryl/α,β-unsaturated/α-hetero) is 1. The number of ketones is 1. The summed E-state index contributed by atoms with van der Waals surface area (Å²) in [5.41, 5.74) is 0.262. The summed E-state index contributed by atoms with van der Waals surface area (Å²) < 4.78 is 6.41. The minimum atomic E-state index is -0.672. The lowest BCUT2D eigenvalue weighted by atomic mass is 10.1. The number of aryl methyl sites for hydroxylation is 1. The topological polar surface area (TPSA) is 67.9 Å². The largest absolute Gasteiger partial charge is 0.481 e. The maximum atomic E-state index is 11.5. The third-order valence-electron chi connectivity index (χ3n) is 1.89. The van der Waals surface area contributed by atoms with E-state index in [4.69, 9.17) is 10.00 Å². The Labute approximate surface area is 81.9 Å². The Bertz CT molecular complexity index is 389. The molecule has 0 bridgehead atoms. The lowest BCUT2D eigenvalue weighted by molar-refractivity contribution is 0.0951. The van der Waals surface area contributed by atoms with E-state index in [9.17, 15) is 4.79 Å². The van der Waals surface area contributed by atoms with Crippen molar-refractivity contribution in [2.45, 2.75) is 6.92 Å². The maximum absolute atomic E-state index is 11.5. The van der Waals surface area contributed by atoms with E-state index < -0.39 is 5.92 Å². The Morgan fingerprint density at radius 2 is 2.43 bits per heavy atom. The lowest BCUT2D eigenvalue weighted by Crippen LogP contribution is -2.10. The quantitative estimate of drug-likeness (QED) is 0.665. The van der Waals surface area contributed by atoms with Crippen molar-refractivity contribution in [3.05, 3.63) is 11.8 Å². The second-order valence-electron chi connectivity index (χ2n) is 2.91. The highest BCUT2D eigenvalue weighted by molar-refractivity contribution is 5.97. The molecule has 1 aromatic heterocycles. The summed E-state index contributed by atoms with van der Waals surface area (Å²) in [4.78, 5) is 11.5. The van der Waals surface area contributed by atoms with Gasteiger partial charge in [0.05, 0.1) is 13.2 Å². The fourth-order valence-corrected chi connectivity index (χ4v) is 1.04. The molecule has 0 aromatic carbocycles. The van der Waals surface area contributed by atoms with Crippen LogP contribution < -0.4 is 4.74 Å². The van der Waals surface area contributed by atoms with Crippen molar-refractivity contribution in [1.82, 2.24) is 9.78 Å². The first-order chi connectivity index (χ1) is 6.60. The molecule has 0 aliphatic heterocycles. The first kappa shape index (κ1) is 10.3. The molecule has 0 spiro atoms. The van der Waals surface area contributed by atoms with E-state index in [1.165, 1.54) is 17.9 Å². The molecule has 0 saturated heterocycles. The molecule has 0 radical (unpaired) electrons. The summed E-state index contributed by atoms with van der Waals surface area (Å²) >= 11 is 0. The minimum absolute atomic E-state index is 0.262. The third-order valence-corrected chi connectivity index (χ3v) is 1.89. The highest BCUT2D eigenvalue weighted by Crippen LogP contribution is 2.14. The van der Waals surface area contributed by atoms with Crippen LogP contribution in [0.25, 0.3) is 0 Å². The van der Waals surface area contributed by atoms with Gasteiger partial charge in [-0.2, -0.15) is 10.4 Å². The first-order valence-electron chi connectivity index (χ1n) is 4.12. The molecule has 0 saturated carbocycles. The SMILES string of the molecule is COc1cc(C(=O)C(C)C#N)nn1C. The number of carbonyl (C=O) groups excluding carboxylic acids is 1. The van der Waals surface area contributed by atoms with E-state index in [0.717, 1.165) is 0 Å². The van der Waals surface area contributed by atoms with Gasteiger partial charge in [-0.25, -0.2) is 4.68 Å². The normalized spacial score (nSPS) is 11.9. The van der Waals surface area contributed by atoms with Gasteiger partial charge in [-0.05, 0) is 6.92 Å². The summed E-state index contributed by atoms with van der Waals surface area (Å²) in [6.45, 7) is 1.55. The summed E-state index contributed by atoms with van der Waals surface area (Å²) in [6, 6.07) is 3.39. The van der Waals surface area contributed by atoms with Crippen molar-refractivity contribution >= 4 is 5.78 Å². The molecule has 5 heteroatoms. The molecule has 14 heavy (non-hydrogen) atoms. The van der Waals surface area contributed by atoms with Crippen molar-refractivity contribution in [3.8, 4) is 11.9 Å². The van der Waals surface area contributed by atoms with E-state index in [0.29, 0.717) is 5.88 Å². The number of aromatic nitrogens is 2. The lowest BCUT2D eigenvalue weighted by Gasteiger charge is -1.95. The molecule has 1 heterocycles. The van der Waals surface area contributed by atoms with Gasteiger partial charge in [0, 0.05) is 13.1 Å². The molecule has 0 fully saturated rings. The van der Waals surface area contributed by atoms with Gasteiger partial charge in [-0.15, -0.1) is 0 Å². The monoisotopic (exact) mass is 193 g/mol. The van der Waals surface area contributed by atoms with E-state index in [-0.39, 0.29) is 11.5 Å². The zero-order valence-corrected chi connectivity index (χ0v) is 8.31. The highest BCUT2D eigenvalue weighted by atomic mass is 16.5. The van der Waals surface area contributed by atoms with Crippen LogP contribution in [0, 0.1) is 17.2 Å². The van der Waals surface area contributed by atoms with Gasteiger partial charge in [0.1, 0.15) is 11.6 Å². The average molecular weight is 193 g/mol. The van der Waals surface area contributed by atoms with Gasteiger partial charge in [-0.1, -0.05) is 0 Å². The molecule has 74 valence electrons. The highest BCUT2D eigenvalue weighted by Gasteiger charge is 2.18. The molecular weight excluding hydrogens is 182 g/mol. The first-order valence-corrected chi connectivity index (χ1v) is 4.12. The molecule has 1 rings (SSSR count). The van der Waals surface area contributed by atoms with E-state index >= 15 is 0 Å². The summed E-state index contributed by atoms with van der Waals surface area (Å²) in [6.07, 6.45) is 0. The van der Waals surface area contributed by atoms with Crippen molar-refractivity contribution in [2.24, 2.45) is 13.0 Å². The number of carbonyl (C=O) groups is 1. The second kappa shape index (κ2) is 3.92. The number of hydrogen-bond donors (Lipinski definition) is 0. The van der Waals surface area contributed by atoms with Crippen LogP contribution >= 0.6 is 0 Å². The van der Waals surface area contributed by atoms with Gasteiger partial charge in [0.15, 0.2) is 5.78 Å². The Hall–Kier alpha value is -1.83. The van der Waals surface area contributed by atoms with Crippen molar-refractivity contribution in [1.29, 1.82) is 5.26 Å². The van der Waals surface area contributed by atoms with Crippen LogP contribution in [0.15, 0.2) is 6.07 Å². The molecule has 1 aromatic rings. The van der Waals surface area contributed by atoms with Crippen LogP contribution in [0.3, 0.4) is 0 Å². The van der Waals surface area contributed by atoms with E-state index in [1.54, 1.807) is 14.0 Å². The molecule has 0 N–H and O–H groups in total. The van der Waals surface area contributed by atoms with Crippen LogP contribution in [-0.2, 0) is 7.05 Å². The van der Waals surface area contributed by atoms with E-state index in [2.05, 4.69) is 5.10 Å². The molecule has 1 atom stereocenters. The third kappa shape index (κ3) is 1.74. The number of nitriles is 1. The maximum Gasteiger partial charge on any atom is 0.211 e. The Kier molecular flexibility index (Phi) is 2.87. The number of rotatable bonds is 3. The number of nitrogens with zero attached hydrogens (tertiary/aromatic N) is 3. The Balaban J connectivity index is 2.98. The van der Waals surface area contributed by atoms with Gasteiger partial charge in [-0.3, -0.25) is 4.79 Å². The fourth-order valence-electron chi connectivity index (χ4n) is 1.04. The molecule has 5 nitrogen and oxygen atoms in total. The standard InChI is InChI=1S/C9H11N3O2/c1-6(5-10)9(13)7-4-8(14-3)12(2)11-7/h4,6H,1-3H3. The van der Waals surface area contributed by atoms with Crippen molar-refractivity contribution < 1.29 is 9.53 Å². The van der Waals surface area contributed by atoms with Gasteiger partial charge in [0.25, 0.3) is 0 Å². The van der Waals surface area contributed by atoms with Crippen LogP contribution in [-0.4, -0.2) is 22.7 Å². The molecular formula is C9H11N3O2. The van der Waals surface area contributed by atoms with Crippen LogP contribution in [0.2, 0.25) is 0 Å². The van der Waals surface area contributed by atoms with Crippen molar-refractivity contribution in [3.63, 3.8) is 0 Å². The minimum Gasteiger partial charge on any atom is -0.481 e. The smallest absolute Gasteiger partial charge is 0.211 e. The molecule has 1 unspecified atom stereocenters. The molecule has 0 aliphatic rings. The van der Waals surface area contributed by atoms with Crippen molar-refractivity contribution in [2.75, 3.05) is 7.11 Å². The summed E-state index contributed by atoms with van der Waals surface area (Å²) in [5.74, 6) is -0.459. The van der Waals surface area contributed by atoms with Crippen LogP contribution in [0.5, 0.6) is 5.88 Å². The van der Waals surface area contributed by atoms with Crippen LogP contribution in [0.4, 0.5) is 0 Å². The van der Waals surface area contributed by atoms with Crippen LogP contribution in [0.1, 0.15) is 17.4 Å². The number of ether oxygens (including phenoxy) is 1. The molecule has 0 aliphatic carbocycles. The predicted octanol–water partition coefficient (Wildman–Crippen LogP) is 0.771. The zero-order valence-electron chi connectivity index (χ0n) is 8.31. The summed E-state index contributed by atoms with van der Waals surface area (Å²) in [5, 5.41) is 12.5. The summed E-state index contributed by atoms with van der Waals surface area (Å²) in [7, 11) is 3.17. The Morgan fingerprint density at radius 3 is 2.86 bits per heavy atom. The Morgan fingerprint density at radius 1 is 1.79 bits per heavy atom. The zero-order chi connectivity index (χ0) is 10.7. The van der Waals surface area contributed by atoms with Gasteiger partial charge >= 0.3 is 0 Å². The van der Waals surface area contributed by atoms with E-state index in [1.807, 2.05) is 6.07 Å². The van der Waals surface area contributed by atoms with Gasteiger partial charge < -0.3 is 4.74 Å². The predicted molar refractivity (Wildman–Crippen MR) is 48.9 cm³/mol. The average Bonchev–Trinajstić information content (AvgIpc) is 2.57. The fraction of sp³-hybridized carbons (Fsp3) is 0.444. The second-order valence-corrected chi connectivity index (χ2v) is 2.91. The molecule has 0 amide bonds.